The van der Waals surface area contributed by atoms with Crippen LogP contribution in [-0.4, -0.2) is 28.1 Å². The standard InChI is InChI=1S/C13H15NO5/c15-11(7-3-4-8-12(16)17)14-10-6-2-1-5-9(10)13(18)19/h1-2,5-6H,3-4,7-8H2,(H,14,15)(H,16,17)(H,18,19). The van der Waals surface area contributed by atoms with Crippen molar-refractivity contribution in [2.75, 3.05) is 5.32 Å². The number of anilines is 1. The molecule has 1 amide bonds. The van der Waals surface area contributed by atoms with E-state index in [4.69, 9.17) is 10.2 Å². The number of carbonyl (C=O) groups is 3. The molecule has 0 spiro atoms. The molecule has 0 fully saturated rings. The summed E-state index contributed by atoms with van der Waals surface area (Å²) < 4.78 is 0. The van der Waals surface area contributed by atoms with Crippen LogP contribution in [0.5, 0.6) is 0 Å². The number of carboxylic acid groups (broad SMARTS) is 2. The Labute approximate surface area is 110 Å². The van der Waals surface area contributed by atoms with Crippen molar-refractivity contribution in [3.05, 3.63) is 29.8 Å². The Kier molecular flexibility index (Phi) is 5.53. The van der Waals surface area contributed by atoms with Gasteiger partial charge in [0.15, 0.2) is 0 Å². The average Bonchev–Trinajstić information content (AvgIpc) is 2.35. The van der Waals surface area contributed by atoms with Crippen molar-refractivity contribution in [1.29, 1.82) is 0 Å². The predicted molar refractivity (Wildman–Crippen MR) is 68.1 cm³/mol. The number of hydrogen-bond acceptors (Lipinski definition) is 3. The van der Waals surface area contributed by atoms with Crippen molar-refractivity contribution in [3.63, 3.8) is 0 Å². The van der Waals surface area contributed by atoms with Crippen LogP contribution >= 0.6 is 0 Å². The van der Waals surface area contributed by atoms with E-state index >= 15 is 0 Å². The minimum Gasteiger partial charge on any atom is -0.481 e. The molecule has 1 aromatic rings. The van der Waals surface area contributed by atoms with Crippen LogP contribution in [0, 0.1) is 0 Å². The molecule has 0 saturated carbocycles. The second-order valence-corrected chi connectivity index (χ2v) is 4.00. The summed E-state index contributed by atoms with van der Waals surface area (Å²) >= 11 is 0. The maximum Gasteiger partial charge on any atom is 0.337 e. The van der Waals surface area contributed by atoms with E-state index < -0.39 is 11.9 Å². The van der Waals surface area contributed by atoms with Gasteiger partial charge in [0.1, 0.15) is 0 Å². The Bertz CT molecular complexity index is 484. The zero-order chi connectivity index (χ0) is 14.3. The quantitative estimate of drug-likeness (QED) is 0.654. The molecule has 0 atom stereocenters. The number of carbonyl (C=O) groups excluding carboxylic acids is 1. The molecule has 102 valence electrons. The summed E-state index contributed by atoms with van der Waals surface area (Å²) in [4.78, 5) is 32.8. The van der Waals surface area contributed by atoms with E-state index in [-0.39, 0.29) is 30.0 Å². The first-order valence-corrected chi connectivity index (χ1v) is 5.84. The van der Waals surface area contributed by atoms with Gasteiger partial charge in [-0.05, 0) is 25.0 Å². The highest BCUT2D eigenvalue weighted by atomic mass is 16.4. The SMILES string of the molecule is O=C(O)CCCCC(=O)Nc1ccccc1C(=O)O. The van der Waals surface area contributed by atoms with Gasteiger partial charge in [0.2, 0.25) is 5.91 Å². The molecule has 6 nitrogen and oxygen atoms in total. The van der Waals surface area contributed by atoms with E-state index in [0.717, 1.165) is 0 Å². The lowest BCUT2D eigenvalue weighted by molar-refractivity contribution is -0.137. The van der Waals surface area contributed by atoms with Gasteiger partial charge < -0.3 is 15.5 Å². The lowest BCUT2D eigenvalue weighted by Gasteiger charge is -2.07. The summed E-state index contributed by atoms with van der Waals surface area (Å²) in [5, 5.41) is 19.9. The average molecular weight is 265 g/mol. The normalized spacial score (nSPS) is 9.89. The Morgan fingerprint density at radius 2 is 1.63 bits per heavy atom. The number of para-hydroxylation sites is 1. The minimum absolute atomic E-state index is 0.0268. The number of benzene rings is 1. The molecule has 0 unspecified atom stereocenters. The molecule has 6 heteroatoms. The van der Waals surface area contributed by atoms with Crippen LogP contribution in [0.1, 0.15) is 36.0 Å². The van der Waals surface area contributed by atoms with Crippen LogP contribution in [0.15, 0.2) is 24.3 Å². The molecule has 0 aliphatic carbocycles. The van der Waals surface area contributed by atoms with Crippen LogP contribution in [0.25, 0.3) is 0 Å². The van der Waals surface area contributed by atoms with Crippen molar-refractivity contribution in [2.45, 2.75) is 25.7 Å². The molecular formula is C13H15NO5. The zero-order valence-electron chi connectivity index (χ0n) is 10.3. The van der Waals surface area contributed by atoms with Gasteiger partial charge in [-0.1, -0.05) is 12.1 Å². The lowest BCUT2D eigenvalue weighted by atomic mass is 10.1. The largest absolute Gasteiger partial charge is 0.481 e. The van der Waals surface area contributed by atoms with Crippen molar-refractivity contribution >= 4 is 23.5 Å². The van der Waals surface area contributed by atoms with Gasteiger partial charge >= 0.3 is 11.9 Å². The van der Waals surface area contributed by atoms with Crippen LogP contribution in [0.2, 0.25) is 0 Å². The smallest absolute Gasteiger partial charge is 0.337 e. The van der Waals surface area contributed by atoms with Gasteiger partial charge in [-0.25, -0.2) is 4.79 Å². The molecule has 0 aliphatic heterocycles. The molecular weight excluding hydrogens is 250 g/mol. The topological polar surface area (TPSA) is 104 Å². The highest BCUT2D eigenvalue weighted by Crippen LogP contribution is 2.15. The molecule has 0 heterocycles. The number of rotatable bonds is 7. The van der Waals surface area contributed by atoms with E-state index in [1.54, 1.807) is 12.1 Å². The van der Waals surface area contributed by atoms with Gasteiger partial charge in [-0.3, -0.25) is 9.59 Å². The fraction of sp³-hybridized carbons (Fsp3) is 0.308. The van der Waals surface area contributed by atoms with Crippen molar-refractivity contribution < 1.29 is 24.6 Å². The third-order valence-corrected chi connectivity index (χ3v) is 2.48. The van der Waals surface area contributed by atoms with Crippen LogP contribution < -0.4 is 5.32 Å². The van der Waals surface area contributed by atoms with Crippen molar-refractivity contribution in [1.82, 2.24) is 0 Å². The second kappa shape index (κ2) is 7.15. The number of aliphatic carboxylic acids is 1. The summed E-state index contributed by atoms with van der Waals surface area (Å²) in [6.07, 6.45) is 1.07. The first-order chi connectivity index (χ1) is 9.00. The van der Waals surface area contributed by atoms with Gasteiger partial charge in [-0.2, -0.15) is 0 Å². The van der Waals surface area contributed by atoms with E-state index in [9.17, 15) is 14.4 Å². The summed E-state index contributed by atoms with van der Waals surface area (Å²) in [6.45, 7) is 0. The van der Waals surface area contributed by atoms with Crippen LogP contribution in [-0.2, 0) is 9.59 Å². The minimum atomic E-state index is -1.11. The molecule has 0 aliphatic rings. The third kappa shape index (κ3) is 5.20. The summed E-state index contributed by atoms with van der Waals surface area (Å²) in [6, 6.07) is 6.12. The summed E-state index contributed by atoms with van der Waals surface area (Å²) in [5.41, 5.74) is 0.277. The number of hydrogen-bond donors (Lipinski definition) is 3. The summed E-state index contributed by atoms with van der Waals surface area (Å²) in [7, 11) is 0. The van der Waals surface area contributed by atoms with E-state index in [0.29, 0.717) is 12.8 Å². The molecule has 1 aromatic carbocycles. The van der Waals surface area contributed by atoms with E-state index in [2.05, 4.69) is 5.32 Å². The predicted octanol–water partition coefficient (Wildman–Crippen LogP) is 1.97. The molecule has 3 N–H and O–H groups in total. The fourth-order valence-corrected chi connectivity index (χ4v) is 1.55. The Morgan fingerprint density at radius 3 is 2.26 bits per heavy atom. The second-order valence-electron chi connectivity index (χ2n) is 4.00. The zero-order valence-corrected chi connectivity index (χ0v) is 10.3. The van der Waals surface area contributed by atoms with Crippen LogP contribution in [0.3, 0.4) is 0 Å². The van der Waals surface area contributed by atoms with Gasteiger partial charge in [0.05, 0.1) is 11.3 Å². The molecule has 0 bridgehead atoms. The molecule has 0 aromatic heterocycles. The monoisotopic (exact) mass is 265 g/mol. The number of nitrogens with one attached hydrogen (secondary N) is 1. The maximum atomic E-state index is 11.6. The van der Waals surface area contributed by atoms with Crippen molar-refractivity contribution in [2.24, 2.45) is 0 Å². The van der Waals surface area contributed by atoms with Crippen molar-refractivity contribution in [3.8, 4) is 0 Å². The van der Waals surface area contributed by atoms with E-state index in [1.165, 1.54) is 12.1 Å². The Hall–Kier alpha value is -2.37. The maximum absolute atomic E-state index is 11.6. The highest BCUT2D eigenvalue weighted by molar-refractivity contribution is 6.00. The number of carboxylic acids is 2. The number of amides is 1. The first kappa shape index (κ1) is 14.7. The molecule has 0 radical (unpaired) electrons. The molecule has 1 rings (SSSR count). The highest BCUT2D eigenvalue weighted by Gasteiger charge is 2.11. The van der Waals surface area contributed by atoms with Gasteiger partial charge in [0, 0.05) is 12.8 Å². The lowest BCUT2D eigenvalue weighted by Crippen LogP contribution is -2.14. The Morgan fingerprint density at radius 1 is 1.00 bits per heavy atom. The van der Waals surface area contributed by atoms with Crippen LogP contribution in [0.4, 0.5) is 5.69 Å². The Balaban J connectivity index is 2.48. The fourth-order valence-electron chi connectivity index (χ4n) is 1.55. The van der Waals surface area contributed by atoms with Gasteiger partial charge in [0.25, 0.3) is 0 Å². The van der Waals surface area contributed by atoms with E-state index in [1.807, 2.05) is 0 Å². The number of unbranched alkanes of at least 4 members (excludes halogenated alkanes) is 1. The summed E-state index contributed by atoms with van der Waals surface area (Å²) in [5.74, 6) is -2.32. The van der Waals surface area contributed by atoms with Gasteiger partial charge in [-0.15, -0.1) is 0 Å². The molecule has 0 saturated heterocycles. The number of aromatic carboxylic acids is 1. The third-order valence-electron chi connectivity index (χ3n) is 2.48. The first-order valence-electron chi connectivity index (χ1n) is 5.84. The molecule has 19 heavy (non-hydrogen) atoms.